The molecule has 0 radical (unpaired) electrons. The van der Waals surface area contributed by atoms with Gasteiger partial charge in [0, 0.05) is 23.3 Å². The van der Waals surface area contributed by atoms with Crippen LogP contribution in [0.5, 0.6) is 0 Å². The van der Waals surface area contributed by atoms with Gasteiger partial charge >= 0.3 is 5.97 Å². The number of anilines is 1. The van der Waals surface area contributed by atoms with E-state index in [2.05, 4.69) is 0 Å². The first-order valence-corrected chi connectivity index (χ1v) is 10.0. The van der Waals surface area contributed by atoms with Gasteiger partial charge in [-0.2, -0.15) is 0 Å². The van der Waals surface area contributed by atoms with Crippen molar-refractivity contribution in [3.8, 4) is 0 Å². The number of hydrogen-bond donors (Lipinski definition) is 0. The Hall–Kier alpha value is -2.60. The van der Waals surface area contributed by atoms with Crippen LogP contribution in [0.1, 0.15) is 39.9 Å². The number of Topliss-reactive ketones (excluding diaryl/α,β-unsaturated/α-hetero) is 1. The van der Waals surface area contributed by atoms with Gasteiger partial charge in [0.25, 0.3) is 0 Å². The minimum atomic E-state index is -1.10. The van der Waals surface area contributed by atoms with Crippen LogP contribution in [0.15, 0.2) is 41.3 Å². The summed E-state index contributed by atoms with van der Waals surface area (Å²) in [6.45, 7) is 5.42. The van der Waals surface area contributed by atoms with E-state index >= 15 is 0 Å². The lowest BCUT2D eigenvalue weighted by Gasteiger charge is -2.28. The molecule has 0 aromatic heterocycles. The molecule has 2 aromatic rings. The first-order valence-electron chi connectivity index (χ1n) is 9.23. The Balaban J connectivity index is 1.55. The highest BCUT2D eigenvalue weighted by Crippen LogP contribution is 2.56. The van der Waals surface area contributed by atoms with Gasteiger partial charge in [-0.05, 0) is 44.0 Å². The Morgan fingerprint density at radius 3 is 2.54 bits per heavy atom. The summed E-state index contributed by atoms with van der Waals surface area (Å²) in [6, 6.07) is 11.3. The summed E-state index contributed by atoms with van der Waals surface area (Å²) in [4.78, 5) is 39.5. The summed E-state index contributed by atoms with van der Waals surface area (Å²) in [6.07, 6.45) is 0.668. The summed E-state index contributed by atoms with van der Waals surface area (Å²) >= 11 is 1.34. The van der Waals surface area contributed by atoms with Crippen molar-refractivity contribution in [2.45, 2.75) is 43.4 Å². The van der Waals surface area contributed by atoms with Crippen molar-refractivity contribution in [3.63, 3.8) is 0 Å². The van der Waals surface area contributed by atoms with Gasteiger partial charge in [-0.15, -0.1) is 0 Å². The molecule has 0 bridgehead atoms. The maximum atomic E-state index is 13.0. The Morgan fingerprint density at radius 2 is 1.82 bits per heavy atom. The molecule has 2 heterocycles. The van der Waals surface area contributed by atoms with Gasteiger partial charge in [0.2, 0.25) is 11.7 Å². The molecule has 28 heavy (non-hydrogen) atoms. The second kappa shape index (κ2) is 6.78. The molecule has 0 saturated carbocycles. The Labute approximate surface area is 168 Å². The van der Waals surface area contributed by atoms with Crippen LogP contribution in [0.3, 0.4) is 0 Å². The topological polar surface area (TPSA) is 63.7 Å². The van der Waals surface area contributed by atoms with Crippen LogP contribution in [-0.4, -0.2) is 29.1 Å². The number of carbonyl (C=O) groups is 3. The minimum absolute atomic E-state index is 0.0917. The lowest BCUT2D eigenvalue weighted by molar-refractivity contribution is -0.145. The Kier molecular flexibility index (Phi) is 4.54. The predicted molar refractivity (Wildman–Crippen MR) is 108 cm³/mol. The first-order chi connectivity index (χ1) is 13.3. The summed E-state index contributed by atoms with van der Waals surface area (Å²) in [5, 5.41) is 0. The number of ketones is 1. The highest BCUT2D eigenvalue weighted by Gasteiger charge is 2.58. The van der Waals surface area contributed by atoms with Gasteiger partial charge in [0.1, 0.15) is 0 Å². The van der Waals surface area contributed by atoms with Gasteiger partial charge in [0.15, 0.2) is 11.5 Å². The molecule has 5 nitrogen and oxygen atoms in total. The number of benzene rings is 2. The van der Waals surface area contributed by atoms with E-state index in [0.29, 0.717) is 18.4 Å². The molecule has 1 unspecified atom stereocenters. The monoisotopic (exact) mass is 395 g/mol. The highest BCUT2D eigenvalue weighted by molar-refractivity contribution is 8.02. The zero-order chi connectivity index (χ0) is 20.1. The SMILES string of the molecule is Cc1cc(C)c(C(=O)COC(=O)C23CCC(=O)N2c2ccccc2S3)c(C)c1. The number of amides is 1. The number of ether oxygens (including phenoxy) is 1. The summed E-state index contributed by atoms with van der Waals surface area (Å²) in [5.74, 6) is -0.850. The average Bonchev–Trinajstić information content (AvgIpc) is 3.14. The van der Waals surface area contributed by atoms with E-state index < -0.39 is 10.8 Å². The van der Waals surface area contributed by atoms with E-state index in [9.17, 15) is 14.4 Å². The molecular weight excluding hydrogens is 374 g/mol. The lowest BCUT2D eigenvalue weighted by Crippen LogP contribution is -2.48. The molecule has 2 aromatic carbocycles. The van der Waals surface area contributed by atoms with E-state index in [1.54, 1.807) is 4.90 Å². The van der Waals surface area contributed by atoms with Gasteiger partial charge in [0.05, 0.1) is 5.69 Å². The van der Waals surface area contributed by atoms with Crippen LogP contribution in [0.4, 0.5) is 5.69 Å². The fourth-order valence-corrected chi connectivity index (χ4v) is 5.62. The molecule has 0 N–H and O–H groups in total. The quantitative estimate of drug-likeness (QED) is 0.579. The number of aryl methyl sites for hydroxylation is 3. The molecule has 2 aliphatic rings. The molecular formula is C22H21NO4S. The molecule has 1 fully saturated rings. The van der Waals surface area contributed by atoms with E-state index in [-0.39, 0.29) is 18.3 Å². The Morgan fingerprint density at radius 1 is 1.14 bits per heavy atom. The summed E-state index contributed by atoms with van der Waals surface area (Å²) < 4.78 is 5.46. The number of hydrogen-bond acceptors (Lipinski definition) is 5. The van der Waals surface area contributed by atoms with Crippen LogP contribution < -0.4 is 4.90 Å². The molecule has 0 spiro atoms. The molecule has 1 saturated heterocycles. The van der Waals surface area contributed by atoms with Crippen LogP contribution in [-0.2, 0) is 14.3 Å². The number of esters is 1. The third kappa shape index (κ3) is 2.83. The highest BCUT2D eigenvalue weighted by atomic mass is 32.2. The molecule has 0 aliphatic carbocycles. The number of carbonyl (C=O) groups excluding carboxylic acids is 3. The molecule has 4 rings (SSSR count). The number of para-hydroxylation sites is 1. The predicted octanol–water partition coefficient (Wildman–Crippen LogP) is 3.97. The zero-order valence-corrected chi connectivity index (χ0v) is 16.9. The van der Waals surface area contributed by atoms with E-state index in [1.165, 1.54) is 11.8 Å². The van der Waals surface area contributed by atoms with Crippen molar-refractivity contribution >= 4 is 35.1 Å². The van der Waals surface area contributed by atoms with Gasteiger partial charge in [-0.3, -0.25) is 14.5 Å². The Bertz CT molecular complexity index is 992. The fraction of sp³-hybridized carbons (Fsp3) is 0.318. The van der Waals surface area contributed by atoms with E-state index in [4.69, 9.17) is 4.74 Å². The maximum absolute atomic E-state index is 13.0. The van der Waals surface area contributed by atoms with Crippen molar-refractivity contribution in [2.75, 3.05) is 11.5 Å². The molecule has 1 amide bonds. The van der Waals surface area contributed by atoms with Crippen molar-refractivity contribution < 1.29 is 19.1 Å². The standard InChI is InChI=1S/C22H21NO4S/c1-13-10-14(2)20(15(3)11-13)17(24)12-27-21(26)22-9-8-19(25)23(22)16-6-4-5-7-18(16)28-22/h4-7,10-11H,8-9,12H2,1-3H3. The second-order valence-electron chi connectivity index (χ2n) is 7.36. The van der Waals surface area contributed by atoms with Crippen LogP contribution in [0.25, 0.3) is 0 Å². The summed E-state index contributed by atoms with van der Waals surface area (Å²) in [5.41, 5.74) is 4.16. The number of rotatable bonds is 4. The molecule has 1 atom stereocenters. The third-order valence-corrected chi connectivity index (χ3v) is 6.74. The smallest absolute Gasteiger partial charge is 0.343 e. The molecule has 144 valence electrons. The van der Waals surface area contributed by atoms with Crippen LogP contribution >= 0.6 is 11.8 Å². The van der Waals surface area contributed by atoms with Crippen LogP contribution in [0.2, 0.25) is 0 Å². The number of fused-ring (bicyclic) bond motifs is 3. The largest absolute Gasteiger partial charge is 0.455 e. The van der Waals surface area contributed by atoms with E-state index in [0.717, 1.165) is 27.3 Å². The summed E-state index contributed by atoms with van der Waals surface area (Å²) in [7, 11) is 0. The second-order valence-corrected chi connectivity index (χ2v) is 8.68. The molecule has 2 aliphatic heterocycles. The van der Waals surface area contributed by atoms with Crippen molar-refractivity contribution in [2.24, 2.45) is 0 Å². The number of thioether (sulfide) groups is 1. The average molecular weight is 395 g/mol. The molecule has 6 heteroatoms. The minimum Gasteiger partial charge on any atom is -0.455 e. The lowest BCUT2D eigenvalue weighted by atomic mass is 9.97. The zero-order valence-electron chi connectivity index (χ0n) is 16.1. The van der Waals surface area contributed by atoms with Crippen molar-refractivity contribution in [1.29, 1.82) is 0 Å². The van der Waals surface area contributed by atoms with Gasteiger partial charge in [-0.1, -0.05) is 41.6 Å². The van der Waals surface area contributed by atoms with Crippen molar-refractivity contribution in [3.05, 3.63) is 58.7 Å². The van der Waals surface area contributed by atoms with Crippen molar-refractivity contribution in [1.82, 2.24) is 0 Å². The fourth-order valence-electron chi connectivity index (χ4n) is 4.21. The van der Waals surface area contributed by atoms with Crippen LogP contribution in [0, 0.1) is 20.8 Å². The third-order valence-electron chi connectivity index (χ3n) is 5.28. The maximum Gasteiger partial charge on any atom is 0.343 e. The van der Waals surface area contributed by atoms with Gasteiger partial charge in [-0.25, -0.2) is 4.79 Å². The normalized spacial score (nSPS) is 20.1. The first kappa shape index (κ1) is 18.7. The van der Waals surface area contributed by atoms with E-state index in [1.807, 2.05) is 57.2 Å². The number of nitrogens with zero attached hydrogens (tertiary/aromatic N) is 1. The van der Waals surface area contributed by atoms with Gasteiger partial charge < -0.3 is 4.74 Å².